The SMILES string of the molecule is Fc1ccc(Cl)cc1C1=NCC=C1c1ccc2ncc(-c3cn(Cc4cnc5c(c4)CNCC5)nn3)cc2n1. The van der Waals surface area contributed by atoms with E-state index in [0.29, 0.717) is 46.3 Å². The molecule has 0 fully saturated rings. The van der Waals surface area contributed by atoms with Gasteiger partial charge >= 0.3 is 0 Å². The lowest BCUT2D eigenvalue weighted by Crippen LogP contribution is -2.24. The van der Waals surface area contributed by atoms with Gasteiger partial charge in [-0.3, -0.25) is 15.0 Å². The number of fused-ring (bicyclic) bond motifs is 2. The predicted molar refractivity (Wildman–Crippen MR) is 148 cm³/mol. The summed E-state index contributed by atoms with van der Waals surface area (Å²) in [5.41, 5.74) is 8.80. The third kappa shape index (κ3) is 4.60. The molecule has 0 saturated carbocycles. The van der Waals surface area contributed by atoms with Crippen molar-refractivity contribution in [1.29, 1.82) is 0 Å². The zero-order chi connectivity index (χ0) is 26.3. The predicted octanol–water partition coefficient (Wildman–Crippen LogP) is 4.66. The van der Waals surface area contributed by atoms with E-state index in [1.165, 1.54) is 17.7 Å². The fourth-order valence-electron chi connectivity index (χ4n) is 5.02. The van der Waals surface area contributed by atoms with Crippen molar-refractivity contribution in [2.75, 3.05) is 13.1 Å². The van der Waals surface area contributed by atoms with Gasteiger partial charge in [-0.15, -0.1) is 5.10 Å². The first kappa shape index (κ1) is 23.8. The highest BCUT2D eigenvalue weighted by molar-refractivity contribution is 6.35. The molecule has 192 valence electrons. The average Bonchev–Trinajstić information content (AvgIpc) is 3.64. The second-order valence-electron chi connectivity index (χ2n) is 9.57. The molecule has 6 heterocycles. The number of aliphatic imine (C=N–C) groups is 1. The van der Waals surface area contributed by atoms with Crippen LogP contribution in [0.3, 0.4) is 0 Å². The Kier molecular flexibility index (Phi) is 5.94. The molecule has 0 radical (unpaired) electrons. The average molecular weight is 537 g/mol. The van der Waals surface area contributed by atoms with Gasteiger partial charge in [-0.25, -0.2) is 14.1 Å². The Morgan fingerprint density at radius 2 is 1.95 bits per heavy atom. The Labute approximate surface area is 228 Å². The molecule has 1 N–H and O–H groups in total. The van der Waals surface area contributed by atoms with Crippen LogP contribution in [-0.4, -0.2) is 48.7 Å². The molecule has 0 unspecified atom stereocenters. The number of halogens is 2. The number of rotatable bonds is 5. The van der Waals surface area contributed by atoms with Gasteiger partial charge in [0, 0.05) is 59.3 Å². The zero-order valence-electron chi connectivity index (χ0n) is 20.8. The molecule has 4 aromatic heterocycles. The van der Waals surface area contributed by atoms with Crippen molar-refractivity contribution in [3.63, 3.8) is 0 Å². The van der Waals surface area contributed by atoms with Crippen molar-refractivity contribution in [3.05, 3.63) is 106 Å². The minimum Gasteiger partial charge on any atom is -0.312 e. The van der Waals surface area contributed by atoms with Gasteiger partial charge in [-0.1, -0.05) is 22.9 Å². The smallest absolute Gasteiger partial charge is 0.132 e. The maximum atomic E-state index is 14.6. The molecule has 0 spiro atoms. The number of allylic oxidation sites excluding steroid dienone is 1. The monoisotopic (exact) mass is 536 g/mol. The molecule has 39 heavy (non-hydrogen) atoms. The number of pyridine rings is 3. The van der Waals surface area contributed by atoms with Crippen molar-refractivity contribution < 1.29 is 4.39 Å². The first-order chi connectivity index (χ1) is 19.1. The summed E-state index contributed by atoms with van der Waals surface area (Å²) in [4.78, 5) is 18.6. The molecule has 0 saturated heterocycles. The van der Waals surface area contributed by atoms with Crippen LogP contribution in [0.15, 0.2) is 72.1 Å². The van der Waals surface area contributed by atoms with Crippen LogP contribution in [0.25, 0.3) is 27.9 Å². The molecule has 2 aliphatic rings. The molecule has 5 aromatic rings. The largest absolute Gasteiger partial charge is 0.312 e. The summed E-state index contributed by atoms with van der Waals surface area (Å²) in [5.74, 6) is -0.374. The summed E-state index contributed by atoms with van der Waals surface area (Å²) in [6.07, 6.45) is 8.48. The number of benzene rings is 1. The molecule has 10 heteroatoms. The molecule has 0 amide bonds. The van der Waals surface area contributed by atoms with Crippen LogP contribution < -0.4 is 5.32 Å². The minimum atomic E-state index is -0.374. The van der Waals surface area contributed by atoms with Gasteiger partial charge in [-0.05, 0) is 53.6 Å². The van der Waals surface area contributed by atoms with Gasteiger partial charge in [-0.2, -0.15) is 0 Å². The molecule has 8 nitrogen and oxygen atoms in total. The second-order valence-corrected chi connectivity index (χ2v) is 10.0. The zero-order valence-corrected chi connectivity index (χ0v) is 21.5. The van der Waals surface area contributed by atoms with E-state index in [1.807, 2.05) is 36.7 Å². The molecule has 2 aliphatic heterocycles. The van der Waals surface area contributed by atoms with Gasteiger partial charge in [0.25, 0.3) is 0 Å². The van der Waals surface area contributed by atoms with Crippen molar-refractivity contribution in [2.24, 2.45) is 4.99 Å². The minimum absolute atomic E-state index is 0.363. The molecular formula is C29H22ClFN8. The van der Waals surface area contributed by atoms with Crippen LogP contribution in [0.2, 0.25) is 5.02 Å². The molecule has 1 aromatic carbocycles. The Morgan fingerprint density at radius 1 is 1.00 bits per heavy atom. The van der Waals surface area contributed by atoms with Crippen LogP contribution in [0.1, 0.15) is 28.1 Å². The van der Waals surface area contributed by atoms with Crippen LogP contribution in [-0.2, 0) is 19.5 Å². The van der Waals surface area contributed by atoms with E-state index < -0.39 is 0 Å². The van der Waals surface area contributed by atoms with E-state index in [2.05, 4.69) is 36.7 Å². The number of hydrogen-bond acceptors (Lipinski definition) is 7. The van der Waals surface area contributed by atoms with Crippen molar-refractivity contribution in [1.82, 2.24) is 35.3 Å². The normalized spacial score (nSPS) is 14.8. The fraction of sp³-hybridized carbons (Fsp3) is 0.172. The quantitative estimate of drug-likeness (QED) is 0.351. The molecule has 0 atom stereocenters. The first-order valence-electron chi connectivity index (χ1n) is 12.7. The number of nitrogens with zero attached hydrogens (tertiary/aromatic N) is 7. The van der Waals surface area contributed by atoms with E-state index in [4.69, 9.17) is 16.6 Å². The first-order valence-corrected chi connectivity index (χ1v) is 13.0. The summed E-state index contributed by atoms with van der Waals surface area (Å²) in [6, 6.07) is 12.4. The van der Waals surface area contributed by atoms with Gasteiger partial charge < -0.3 is 5.32 Å². The molecule has 0 aliphatic carbocycles. The lowest BCUT2D eigenvalue weighted by molar-refractivity contribution is 0.618. The van der Waals surface area contributed by atoms with Crippen LogP contribution in [0.5, 0.6) is 0 Å². The van der Waals surface area contributed by atoms with E-state index in [9.17, 15) is 4.39 Å². The van der Waals surface area contributed by atoms with Gasteiger partial charge in [0.2, 0.25) is 0 Å². The molecule has 0 bridgehead atoms. The Hall–Kier alpha value is -4.34. The van der Waals surface area contributed by atoms with Crippen molar-refractivity contribution in [2.45, 2.75) is 19.5 Å². The number of hydrogen-bond donors (Lipinski definition) is 1. The van der Waals surface area contributed by atoms with E-state index in [1.54, 1.807) is 16.9 Å². The standard InChI is InChI=1S/C29H22ClFN8/c30-20-1-2-23(31)22(11-20)29-21(5-8-33-29)25-3-4-26-27(36-25)10-19(14-35-26)28-16-39(38-37-28)15-17-9-18-13-32-7-6-24(18)34-12-17/h1-5,9-12,14,16,32H,6-8,13,15H2. The van der Waals surface area contributed by atoms with Crippen LogP contribution >= 0.6 is 11.6 Å². The third-order valence-corrected chi connectivity index (χ3v) is 7.18. The van der Waals surface area contributed by atoms with E-state index in [0.717, 1.165) is 47.4 Å². The Balaban J connectivity index is 1.16. The van der Waals surface area contributed by atoms with Crippen LogP contribution in [0, 0.1) is 5.82 Å². The summed E-state index contributed by atoms with van der Waals surface area (Å²) in [5, 5.41) is 12.5. The van der Waals surface area contributed by atoms with E-state index in [-0.39, 0.29) is 5.82 Å². The summed E-state index contributed by atoms with van der Waals surface area (Å²) < 4.78 is 16.4. The topological polar surface area (TPSA) is 93.8 Å². The van der Waals surface area contributed by atoms with Crippen LogP contribution in [0.4, 0.5) is 4.39 Å². The lowest BCUT2D eigenvalue weighted by atomic mass is 9.99. The van der Waals surface area contributed by atoms with E-state index >= 15 is 0 Å². The highest BCUT2D eigenvalue weighted by Gasteiger charge is 2.21. The fourth-order valence-corrected chi connectivity index (χ4v) is 5.19. The molecular weight excluding hydrogens is 515 g/mol. The highest BCUT2D eigenvalue weighted by atomic mass is 35.5. The Morgan fingerprint density at radius 3 is 2.90 bits per heavy atom. The summed E-state index contributed by atoms with van der Waals surface area (Å²) in [7, 11) is 0. The van der Waals surface area contributed by atoms with Crippen molar-refractivity contribution >= 4 is 33.9 Å². The van der Waals surface area contributed by atoms with Gasteiger partial charge in [0.15, 0.2) is 0 Å². The van der Waals surface area contributed by atoms with Gasteiger partial charge in [0.1, 0.15) is 11.5 Å². The maximum Gasteiger partial charge on any atom is 0.132 e. The second kappa shape index (κ2) is 9.76. The lowest BCUT2D eigenvalue weighted by Gasteiger charge is -2.16. The highest BCUT2D eigenvalue weighted by Crippen LogP contribution is 2.28. The molecule has 7 rings (SSSR count). The Bertz CT molecular complexity index is 1810. The summed E-state index contributed by atoms with van der Waals surface area (Å²) in [6.45, 7) is 2.84. The number of nitrogens with one attached hydrogen (secondary N) is 1. The van der Waals surface area contributed by atoms with Gasteiger partial charge in [0.05, 0.1) is 41.7 Å². The third-order valence-electron chi connectivity index (χ3n) is 6.95. The number of aromatic nitrogens is 6. The summed E-state index contributed by atoms with van der Waals surface area (Å²) >= 11 is 6.13. The van der Waals surface area contributed by atoms with Crippen molar-refractivity contribution in [3.8, 4) is 11.3 Å². The maximum absolute atomic E-state index is 14.6.